The maximum absolute atomic E-state index is 12.3. The van der Waals surface area contributed by atoms with Gasteiger partial charge >= 0.3 is 5.97 Å². The molecule has 0 heterocycles. The Morgan fingerprint density at radius 1 is 1.25 bits per heavy atom. The van der Waals surface area contributed by atoms with Crippen LogP contribution in [0.1, 0.15) is 34.3 Å². The topological polar surface area (TPSA) is 72.6 Å². The second-order valence-electron chi connectivity index (χ2n) is 4.93. The fourth-order valence-corrected chi connectivity index (χ4v) is 1.97. The number of nitrogens with two attached hydrogens (primary N) is 1. The minimum Gasteiger partial charge on any atom is -0.469 e. The first kappa shape index (κ1) is 16.0. The second kappa shape index (κ2) is 6.93. The van der Waals surface area contributed by atoms with Crippen molar-refractivity contribution in [1.82, 2.24) is 4.90 Å². The Morgan fingerprint density at radius 2 is 1.90 bits per heavy atom. The molecule has 0 aromatic heterocycles. The first-order chi connectivity index (χ1) is 9.36. The third-order valence-corrected chi connectivity index (χ3v) is 3.29. The van der Waals surface area contributed by atoms with E-state index in [1.54, 1.807) is 18.0 Å². The molecule has 5 nitrogen and oxygen atoms in total. The van der Waals surface area contributed by atoms with Crippen LogP contribution < -0.4 is 5.73 Å². The number of nitrogen functional groups attached to an aromatic ring is 1. The first-order valence-electron chi connectivity index (χ1n) is 6.55. The molecule has 0 saturated heterocycles. The predicted octanol–water partition coefficient (Wildman–Crippen LogP) is 1.91. The van der Waals surface area contributed by atoms with Crippen molar-refractivity contribution >= 4 is 17.6 Å². The average molecular weight is 278 g/mol. The van der Waals surface area contributed by atoms with E-state index in [0.717, 1.165) is 11.1 Å². The van der Waals surface area contributed by atoms with Gasteiger partial charge < -0.3 is 15.4 Å². The lowest BCUT2D eigenvalue weighted by atomic mass is 10.0. The summed E-state index contributed by atoms with van der Waals surface area (Å²) >= 11 is 0. The van der Waals surface area contributed by atoms with Crippen LogP contribution in [0.5, 0.6) is 0 Å². The van der Waals surface area contributed by atoms with Gasteiger partial charge in [-0.25, -0.2) is 0 Å². The number of aryl methyl sites for hydroxylation is 2. The number of ether oxygens (including phenoxy) is 1. The van der Waals surface area contributed by atoms with Crippen LogP contribution in [0, 0.1) is 13.8 Å². The average Bonchev–Trinajstić information content (AvgIpc) is 2.41. The molecule has 0 saturated carbocycles. The highest BCUT2D eigenvalue weighted by molar-refractivity contribution is 5.96. The summed E-state index contributed by atoms with van der Waals surface area (Å²) in [7, 11) is 3.07. The highest BCUT2D eigenvalue weighted by Crippen LogP contribution is 2.19. The molecule has 20 heavy (non-hydrogen) atoms. The van der Waals surface area contributed by atoms with Crippen molar-refractivity contribution in [3.63, 3.8) is 0 Å². The van der Waals surface area contributed by atoms with Gasteiger partial charge in [-0.3, -0.25) is 9.59 Å². The van der Waals surface area contributed by atoms with E-state index >= 15 is 0 Å². The molecule has 0 unspecified atom stereocenters. The Morgan fingerprint density at radius 3 is 2.50 bits per heavy atom. The molecule has 0 aliphatic rings. The molecule has 0 radical (unpaired) electrons. The third kappa shape index (κ3) is 3.98. The van der Waals surface area contributed by atoms with E-state index in [0.29, 0.717) is 30.6 Å². The summed E-state index contributed by atoms with van der Waals surface area (Å²) < 4.78 is 4.57. The van der Waals surface area contributed by atoms with E-state index < -0.39 is 0 Å². The molecule has 1 amide bonds. The molecule has 1 aromatic carbocycles. The smallest absolute Gasteiger partial charge is 0.305 e. The number of methoxy groups -OCH3 is 1. The third-order valence-electron chi connectivity index (χ3n) is 3.29. The van der Waals surface area contributed by atoms with Gasteiger partial charge in [0.2, 0.25) is 0 Å². The number of amides is 1. The van der Waals surface area contributed by atoms with Gasteiger partial charge in [0, 0.05) is 31.3 Å². The maximum atomic E-state index is 12.3. The van der Waals surface area contributed by atoms with Gasteiger partial charge in [0.1, 0.15) is 0 Å². The van der Waals surface area contributed by atoms with E-state index in [4.69, 9.17) is 5.73 Å². The molecule has 0 spiro atoms. The fraction of sp³-hybridized carbons (Fsp3) is 0.467. The van der Waals surface area contributed by atoms with Gasteiger partial charge in [0.05, 0.1) is 7.11 Å². The number of anilines is 1. The summed E-state index contributed by atoms with van der Waals surface area (Å²) in [6.45, 7) is 4.31. The Kier molecular flexibility index (Phi) is 5.55. The molecule has 2 N–H and O–H groups in total. The Labute approximate surface area is 119 Å². The summed E-state index contributed by atoms with van der Waals surface area (Å²) in [6, 6.07) is 3.62. The molecule has 5 heteroatoms. The minimum atomic E-state index is -0.262. The number of carbonyl (C=O) groups is 2. The lowest BCUT2D eigenvalue weighted by Crippen LogP contribution is -2.29. The second-order valence-corrected chi connectivity index (χ2v) is 4.93. The lowest BCUT2D eigenvalue weighted by molar-refractivity contribution is -0.140. The van der Waals surface area contributed by atoms with Gasteiger partial charge in [-0.15, -0.1) is 0 Å². The van der Waals surface area contributed by atoms with Crippen LogP contribution >= 0.6 is 0 Å². The molecule has 0 atom stereocenters. The van der Waals surface area contributed by atoms with E-state index in [-0.39, 0.29) is 11.9 Å². The van der Waals surface area contributed by atoms with Gasteiger partial charge in [0.15, 0.2) is 0 Å². The molecule has 0 aliphatic carbocycles. The lowest BCUT2D eigenvalue weighted by Gasteiger charge is -2.19. The maximum Gasteiger partial charge on any atom is 0.305 e. The number of hydrogen-bond donors (Lipinski definition) is 1. The summed E-state index contributed by atoms with van der Waals surface area (Å²) in [5, 5.41) is 0. The van der Waals surface area contributed by atoms with E-state index in [2.05, 4.69) is 4.74 Å². The highest BCUT2D eigenvalue weighted by atomic mass is 16.5. The zero-order chi connectivity index (χ0) is 15.3. The monoisotopic (exact) mass is 278 g/mol. The zero-order valence-corrected chi connectivity index (χ0v) is 12.5. The van der Waals surface area contributed by atoms with Crippen LogP contribution in [0.25, 0.3) is 0 Å². The SMILES string of the molecule is COC(=O)CCCN(C)C(=O)c1cc(N)c(C)cc1C. The molecule has 0 bridgehead atoms. The Bertz CT molecular complexity index is 512. The van der Waals surface area contributed by atoms with Gasteiger partial charge in [0.25, 0.3) is 5.91 Å². The van der Waals surface area contributed by atoms with Crippen LogP contribution in [0.3, 0.4) is 0 Å². The molecule has 0 aliphatic heterocycles. The van der Waals surface area contributed by atoms with Gasteiger partial charge in [-0.05, 0) is 37.5 Å². The number of esters is 1. The summed E-state index contributed by atoms with van der Waals surface area (Å²) in [5.41, 5.74) is 8.94. The summed E-state index contributed by atoms with van der Waals surface area (Å²) in [6.07, 6.45) is 0.887. The van der Waals surface area contributed by atoms with Crippen molar-refractivity contribution in [2.24, 2.45) is 0 Å². The number of carbonyl (C=O) groups excluding carboxylic acids is 2. The molecule has 1 rings (SSSR count). The molecule has 0 fully saturated rings. The predicted molar refractivity (Wildman–Crippen MR) is 78.5 cm³/mol. The molecule has 110 valence electrons. The van der Waals surface area contributed by atoms with Gasteiger partial charge in [-0.2, -0.15) is 0 Å². The highest BCUT2D eigenvalue weighted by Gasteiger charge is 2.15. The van der Waals surface area contributed by atoms with Crippen molar-refractivity contribution < 1.29 is 14.3 Å². The van der Waals surface area contributed by atoms with E-state index in [1.807, 2.05) is 19.9 Å². The quantitative estimate of drug-likeness (QED) is 0.659. The molecule has 1 aromatic rings. The molecular weight excluding hydrogens is 256 g/mol. The van der Waals surface area contributed by atoms with Gasteiger partial charge in [-0.1, -0.05) is 6.07 Å². The Balaban J connectivity index is 2.70. The van der Waals surface area contributed by atoms with E-state index in [9.17, 15) is 9.59 Å². The fourth-order valence-electron chi connectivity index (χ4n) is 1.97. The summed E-state index contributed by atoms with van der Waals surface area (Å²) in [5.74, 6) is -0.347. The van der Waals surface area contributed by atoms with E-state index in [1.165, 1.54) is 7.11 Å². The van der Waals surface area contributed by atoms with Crippen LogP contribution in [-0.4, -0.2) is 37.5 Å². The number of benzene rings is 1. The normalized spacial score (nSPS) is 10.2. The summed E-state index contributed by atoms with van der Waals surface area (Å²) in [4.78, 5) is 25.0. The van der Waals surface area contributed by atoms with Crippen molar-refractivity contribution in [2.45, 2.75) is 26.7 Å². The molecular formula is C15H22N2O3. The van der Waals surface area contributed by atoms with Crippen LogP contribution in [0.2, 0.25) is 0 Å². The van der Waals surface area contributed by atoms with Crippen LogP contribution in [0.4, 0.5) is 5.69 Å². The standard InChI is InChI=1S/C15H22N2O3/c1-10-8-11(2)13(16)9-12(10)15(19)17(3)7-5-6-14(18)20-4/h8-9H,5-7,16H2,1-4H3. The van der Waals surface area contributed by atoms with Crippen LogP contribution in [0.15, 0.2) is 12.1 Å². The Hall–Kier alpha value is -2.04. The number of nitrogens with zero attached hydrogens (tertiary/aromatic N) is 1. The number of rotatable bonds is 5. The van der Waals surface area contributed by atoms with Crippen LogP contribution in [-0.2, 0) is 9.53 Å². The van der Waals surface area contributed by atoms with Crippen molar-refractivity contribution in [2.75, 3.05) is 26.4 Å². The first-order valence-corrected chi connectivity index (χ1v) is 6.55. The van der Waals surface area contributed by atoms with Crippen molar-refractivity contribution in [1.29, 1.82) is 0 Å². The minimum absolute atomic E-state index is 0.0842. The van der Waals surface area contributed by atoms with Crippen molar-refractivity contribution in [3.8, 4) is 0 Å². The zero-order valence-electron chi connectivity index (χ0n) is 12.5. The largest absolute Gasteiger partial charge is 0.469 e. The van der Waals surface area contributed by atoms with Crippen molar-refractivity contribution in [3.05, 3.63) is 28.8 Å². The number of hydrogen-bond acceptors (Lipinski definition) is 4.